The van der Waals surface area contributed by atoms with Gasteiger partial charge in [0.2, 0.25) is 5.03 Å². The third-order valence-corrected chi connectivity index (χ3v) is 4.79. The number of hydrogen-bond acceptors (Lipinski definition) is 4. The molecule has 5 nitrogen and oxygen atoms in total. The Morgan fingerprint density at radius 3 is 2.68 bits per heavy atom. The molecule has 0 saturated heterocycles. The fourth-order valence-electron chi connectivity index (χ4n) is 2.26. The number of nitrogens with two attached hydrogens (primary N) is 1. The first kappa shape index (κ1) is 14.4. The van der Waals surface area contributed by atoms with E-state index in [1.165, 1.54) is 12.3 Å². The highest BCUT2D eigenvalue weighted by Gasteiger charge is 2.24. The molecule has 0 atom stereocenters. The molecule has 1 aliphatic rings. The molecule has 0 amide bonds. The summed E-state index contributed by atoms with van der Waals surface area (Å²) in [5.74, 6) is -0.568. The van der Waals surface area contributed by atoms with Gasteiger partial charge in [-0.1, -0.05) is 0 Å². The van der Waals surface area contributed by atoms with Crippen LogP contribution >= 0.6 is 0 Å². The smallest absolute Gasteiger partial charge is 0.261 e. The van der Waals surface area contributed by atoms with Gasteiger partial charge in [0.1, 0.15) is 0 Å². The van der Waals surface area contributed by atoms with Gasteiger partial charge < -0.3 is 5.73 Å². The van der Waals surface area contributed by atoms with Gasteiger partial charge >= 0.3 is 0 Å². The van der Waals surface area contributed by atoms with Gasteiger partial charge in [0.25, 0.3) is 10.0 Å². The van der Waals surface area contributed by atoms with Crippen molar-refractivity contribution in [2.75, 3.05) is 6.54 Å². The zero-order valence-electron chi connectivity index (χ0n) is 10.5. The monoisotopic (exact) mass is 287 g/mol. The highest BCUT2D eigenvalue weighted by atomic mass is 32.2. The average Bonchev–Trinajstić information content (AvgIpc) is 2.38. The van der Waals surface area contributed by atoms with Gasteiger partial charge in [-0.2, -0.15) is 0 Å². The van der Waals surface area contributed by atoms with Crippen molar-refractivity contribution in [1.29, 1.82) is 0 Å². The third-order valence-electron chi connectivity index (χ3n) is 3.43. The van der Waals surface area contributed by atoms with E-state index in [0.29, 0.717) is 6.54 Å². The predicted octanol–water partition coefficient (Wildman–Crippen LogP) is 1.02. The second kappa shape index (κ2) is 5.94. The molecule has 7 heteroatoms. The van der Waals surface area contributed by atoms with E-state index in [1.807, 2.05) is 0 Å². The summed E-state index contributed by atoms with van der Waals surface area (Å²) in [6, 6.07) is 2.67. The lowest BCUT2D eigenvalue weighted by Gasteiger charge is -2.25. The molecule has 1 saturated carbocycles. The maximum atomic E-state index is 13.4. The van der Waals surface area contributed by atoms with Crippen LogP contribution in [-0.2, 0) is 10.0 Å². The average molecular weight is 287 g/mol. The minimum absolute atomic E-state index is 0.223. The van der Waals surface area contributed by atoms with Crippen LogP contribution in [0.5, 0.6) is 0 Å². The Kier molecular flexibility index (Phi) is 4.49. The molecule has 2 rings (SSSR count). The molecule has 0 unspecified atom stereocenters. The summed E-state index contributed by atoms with van der Waals surface area (Å²) in [6.07, 6.45) is 4.87. The predicted molar refractivity (Wildman–Crippen MR) is 69.3 cm³/mol. The Bertz CT molecular complexity index is 528. The number of aromatic nitrogens is 1. The van der Waals surface area contributed by atoms with E-state index < -0.39 is 20.9 Å². The molecule has 0 aromatic carbocycles. The molecule has 106 valence electrons. The SMILES string of the molecule is NC1CCC(CNS(=O)(=O)c2ncccc2F)CC1. The second-order valence-corrected chi connectivity index (χ2v) is 6.61. The number of rotatable bonds is 4. The normalized spacial score (nSPS) is 24.3. The van der Waals surface area contributed by atoms with Gasteiger partial charge in [0, 0.05) is 18.8 Å². The fourth-order valence-corrected chi connectivity index (χ4v) is 3.37. The lowest BCUT2D eigenvalue weighted by molar-refractivity contribution is 0.326. The largest absolute Gasteiger partial charge is 0.328 e. The molecule has 0 radical (unpaired) electrons. The minimum atomic E-state index is -3.87. The van der Waals surface area contributed by atoms with Crippen molar-refractivity contribution < 1.29 is 12.8 Å². The van der Waals surface area contributed by atoms with Crippen LogP contribution in [0.1, 0.15) is 25.7 Å². The Morgan fingerprint density at radius 1 is 1.37 bits per heavy atom. The number of nitrogens with zero attached hydrogens (tertiary/aromatic N) is 1. The number of nitrogens with one attached hydrogen (secondary N) is 1. The second-order valence-electron chi connectivity index (χ2n) is 4.92. The first-order valence-corrected chi connectivity index (χ1v) is 7.83. The van der Waals surface area contributed by atoms with Crippen LogP contribution in [0.15, 0.2) is 23.4 Å². The van der Waals surface area contributed by atoms with Gasteiger partial charge in [-0.3, -0.25) is 0 Å². The maximum absolute atomic E-state index is 13.4. The highest BCUT2D eigenvalue weighted by molar-refractivity contribution is 7.89. The van der Waals surface area contributed by atoms with Gasteiger partial charge in [0.05, 0.1) is 0 Å². The minimum Gasteiger partial charge on any atom is -0.328 e. The molecule has 1 heterocycles. The summed E-state index contributed by atoms with van der Waals surface area (Å²) in [5, 5.41) is -0.539. The van der Waals surface area contributed by atoms with Gasteiger partial charge in [-0.05, 0) is 43.7 Å². The van der Waals surface area contributed by atoms with Crippen molar-refractivity contribution >= 4 is 10.0 Å². The molecule has 1 aromatic heterocycles. The standard InChI is InChI=1S/C12H18FN3O2S/c13-11-2-1-7-15-12(11)19(17,18)16-8-9-3-5-10(14)6-4-9/h1-2,7,9-10,16H,3-6,8,14H2. The van der Waals surface area contributed by atoms with Crippen LogP contribution in [0.4, 0.5) is 4.39 Å². The van der Waals surface area contributed by atoms with E-state index in [9.17, 15) is 12.8 Å². The summed E-state index contributed by atoms with van der Waals surface area (Å²) in [4.78, 5) is 3.58. The van der Waals surface area contributed by atoms with Crippen molar-refractivity contribution in [3.05, 3.63) is 24.1 Å². The van der Waals surface area contributed by atoms with Crippen molar-refractivity contribution in [2.24, 2.45) is 11.7 Å². The van der Waals surface area contributed by atoms with Crippen LogP contribution in [0.25, 0.3) is 0 Å². The fraction of sp³-hybridized carbons (Fsp3) is 0.583. The van der Waals surface area contributed by atoms with Crippen LogP contribution in [-0.4, -0.2) is 26.0 Å². The zero-order chi connectivity index (χ0) is 13.9. The Labute approximate surface area is 112 Å². The number of hydrogen-bond donors (Lipinski definition) is 2. The lowest BCUT2D eigenvalue weighted by atomic mass is 9.87. The van der Waals surface area contributed by atoms with E-state index in [1.54, 1.807) is 0 Å². The number of pyridine rings is 1. The van der Waals surface area contributed by atoms with E-state index >= 15 is 0 Å². The molecule has 19 heavy (non-hydrogen) atoms. The molecular formula is C12H18FN3O2S. The van der Waals surface area contributed by atoms with E-state index in [0.717, 1.165) is 31.7 Å². The Morgan fingerprint density at radius 2 is 2.05 bits per heavy atom. The number of halogens is 1. The third kappa shape index (κ3) is 3.71. The van der Waals surface area contributed by atoms with E-state index in [2.05, 4.69) is 9.71 Å². The van der Waals surface area contributed by atoms with Crippen LogP contribution < -0.4 is 10.5 Å². The summed E-state index contributed by atoms with van der Waals surface area (Å²) in [7, 11) is -3.87. The zero-order valence-corrected chi connectivity index (χ0v) is 11.4. The van der Waals surface area contributed by atoms with Crippen LogP contribution in [0.3, 0.4) is 0 Å². The van der Waals surface area contributed by atoms with Crippen molar-refractivity contribution in [2.45, 2.75) is 36.8 Å². The summed E-state index contributed by atoms with van der Waals surface area (Å²) in [5.41, 5.74) is 5.79. The molecular weight excluding hydrogens is 269 g/mol. The van der Waals surface area contributed by atoms with Crippen LogP contribution in [0, 0.1) is 11.7 Å². The van der Waals surface area contributed by atoms with Crippen LogP contribution in [0.2, 0.25) is 0 Å². The number of sulfonamides is 1. The molecule has 3 N–H and O–H groups in total. The summed E-state index contributed by atoms with van der Waals surface area (Å²) >= 11 is 0. The molecule has 1 aromatic rings. The first-order valence-electron chi connectivity index (χ1n) is 6.35. The van der Waals surface area contributed by atoms with Crippen molar-refractivity contribution in [1.82, 2.24) is 9.71 Å². The highest BCUT2D eigenvalue weighted by Crippen LogP contribution is 2.23. The molecule has 1 aliphatic carbocycles. The topological polar surface area (TPSA) is 85.1 Å². The van der Waals surface area contributed by atoms with Gasteiger partial charge in [0.15, 0.2) is 5.82 Å². The van der Waals surface area contributed by atoms with E-state index in [-0.39, 0.29) is 12.0 Å². The van der Waals surface area contributed by atoms with E-state index in [4.69, 9.17) is 5.73 Å². The van der Waals surface area contributed by atoms with Gasteiger partial charge in [-0.15, -0.1) is 0 Å². The Balaban J connectivity index is 1.97. The Hall–Kier alpha value is -1.05. The summed E-state index contributed by atoms with van der Waals surface area (Å²) in [6.45, 7) is 0.311. The quantitative estimate of drug-likeness (QED) is 0.865. The molecule has 1 fully saturated rings. The molecule has 0 spiro atoms. The molecule has 0 aliphatic heterocycles. The summed E-state index contributed by atoms with van der Waals surface area (Å²) < 4.78 is 39.7. The molecule has 0 bridgehead atoms. The first-order chi connectivity index (χ1) is 8.99. The van der Waals surface area contributed by atoms with Gasteiger partial charge in [-0.25, -0.2) is 22.5 Å². The lowest BCUT2D eigenvalue weighted by Crippen LogP contribution is -2.34. The van der Waals surface area contributed by atoms with Crippen molar-refractivity contribution in [3.63, 3.8) is 0 Å². The van der Waals surface area contributed by atoms with Crippen molar-refractivity contribution in [3.8, 4) is 0 Å². The maximum Gasteiger partial charge on any atom is 0.261 e.